The second kappa shape index (κ2) is 29.0. The van der Waals surface area contributed by atoms with Gasteiger partial charge < -0.3 is 9.84 Å². The van der Waals surface area contributed by atoms with Crippen LogP contribution in [0.25, 0.3) is 0 Å². The molecule has 0 amide bonds. The summed E-state index contributed by atoms with van der Waals surface area (Å²) in [5, 5.41) is 9.29. The van der Waals surface area contributed by atoms with Gasteiger partial charge in [-0.05, 0) is 32.1 Å². The number of carbonyl (C=O) groups excluding carboxylic acids is 1. The van der Waals surface area contributed by atoms with Gasteiger partial charge in [0.1, 0.15) is 6.61 Å². The molecular formula is C33H60O4. The summed E-state index contributed by atoms with van der Waals surface area (Å²) in [5.74, 6) is -2.00. The van der Waals surface area contributed by atoms with Crippen LogP contribution in [0.1, 0.15) is 161 Å². The number of hydrogen-bond donors (Lipinski definition) is 1. The van der Waals surface area contributed by atoms with Crippen LogP contribution < -0.4 is 0 Å². The molecule has 0 saturated carbocycles. The Morgan fingerprint density at radius 2 is 1.08 bits per heavy atom. The van der Waals surface area contributed by atoms with E-state index in [1.165, 1.54) is 122 Å². The number of carboxylic acid groups (broad SMARTS) is 1. The number of aliphatic carboxylic acids is 1. The van der Waals surface area contributed by atoms with Crippen LogP contribution in [-0.4, -0.2) is 23.7 Å². The van der Waals surface area contributed by atoms with Crippen molar-refractivity contribution in [2.75, 3.05) is 6.61 Å². The zero-order chi connectivity index (χ0) is 27.2. The molecule has 0 fully saturated rings. The van der Waals surface area contributed by atoms with Crippen molar-refractivity contribution in [3.05, 3.63) is 24.8 Å². The molecule has 4 nitrogen and oxygen atoms in total. The molecular weight excluding hydrogens is 460 g/mol. The van der Waals surface area contributed by atoms with Crippen LogP contribution in [0.3, 0.4) is 0 Å². The standard InChI is InChI=1S/C33H60O4/c1-3-5-6-7-8-9-10-11-12-13-14-15-16-17-18-19-20-21-22-23-24-25-26-27-28-31(33(35)36)30-32(34)37-29-4-2/h4,20-21,31H,2-3,5-19,22-30H2,1H3,(H,35,36)/b21-20+. The average Bonchev–Trinajstić information content (AvgIpc) is 2.89. The van der Waals surface area contributed by atoms with Crippen LogP contribution in [0.4, 0.5) is 0 Å². The van der Waals surface area contributed by atoms with Crippen LogP contribution in [0, 0.1) is 5.92 Å². The maximum Gasteiger partial charge on any atom is 0.307 e. The fraction of sp³-hybridized carbons (Fsp3) is 0.818. The lowest BCUT2D eigenvalue weighted by Gasteiger charge is -2.11. The van der Waals surface area contributed by atoms with Gasteiger partial charge in [-0.25, -0.2) is 0 Å². The van der Waals surface area contributed by atoms with E-state index in [1.807, 2.05) is 0 Å². The number of carbonyl (C=O) groups is 2. The van der Waals surface area contributed by atoms with Crippen molar-refractivity contribution in [1.29, 1.82) is 0 Å². The summed E-state index contributed by atoms with van der Waals surface area (Å²) in [6.07, 6.45) is 35.6. The van der Waals surface area contributed by atoms with Crippen LogP contribution in [0.5, 0.6) is 0 Å². The normalized spacial score (nSPS) is 12.1. The molecule has 0 aliphatic carbocycles. The van der Waals surface area contributed by atoms with Crippen LogP contribution in [0.15, 0.2) is 24.8 Å². The van der Waals surface area contributed by atoms with E-state index < -0.39 is 17.9 Å². The third-order valence-electron chi connectivity index (χ3n) is 7.19. The van der Waals surface area contributed by atoms with Gasteiger partial charge in [-0.3, -0.25) is 9.59 Å². The first-order valence-corrected chi connectivity index (χ1v) is 15.8. The highest BCUT2D eigenvalue weighted by Crippen LogP contribution is 2.17. The largest absolute Gasteiger partial charge is 0.481 e. The van der Waals surface area contributed by atoms with E-state index in [0.29, 0.717) is 6.42 Å². The molecule has 0 heterocycles. The lowest BCUT2D eigenvalue weighted by molar-refractivity contribution is -0.151. The highest BCUT2D eigenvalue weighted by atomic mass is 16.5. The highest BCUT2D eigenvalue weighted by molar-refractivity contribution is 5.78. The Kier molecular flexibility index (Phi) is 27.7. The van der Waals surface area contributed by atoms with Crippen molar-refractivity contribution in [3.8, 4) is 0 Å². The van der Waals surface area contributed by atoms with Gasteiger partial charge in [0.2, 0.25) is 0 Å². The molecule has 0 aromatic carbocycles. The molecule has 0 aliphatic heterocycles. The molecule has 37 heavy (non-hydrogen) atoms. The second-order valence-corrected chi connectivity index (χ2v) is 10.8. The first kappa shape index (κ1) is 35.4. The topological polar surface area (TPSA) is 63.6 Å². The van der Waals surface area contributed by atoms with E-state index >= 15 is 0 Å². The minimum Gasteiger partial charge on any atom is -0.481 e. The third-order valence-corrected chi connectivity index (χ3v) is 7.19. The molecule has 1 N–H and O–H groups in total. The van der Waals surface area contributed by atoms with Crippen molar-refractivity contribution in [2.45, 2.75) is 161 Å². The Bertz CT molecular complexity index is 555. The molecule has 1 unspecified atom stereocenters. The molecule has 0 bridgehead atoms. The Labute approximate surface area is 229 Å². The van der Waals surface area contributed by atoms with Crippen molar-refractivity contribution >= 4 is 11.9 Å². The van der Waals surface area contributed by atoms with E-state index in [1.54, 1.807) is 0 Å². The molecule has 0 spiro atoms. The summed E-state index contributed by atoms with van der Waals surface area (Å²) in [7, 11) is 0. The van der Waals surface area contributed by atoms with E-state index in [0.717, 1.165) is 25.7 Å². The van der Waals surface area contributed by atoms with Gasteiger partial charge in [-0.15, -0.1) is 0 Å². The third kappa shape index (κ3) is 27.3. The van der Waals surface area contributed by atoms with Crippen LogP contribution >= 0.6 is 0 Å². The summed E-state index contributed by atoms with van der Waals surface area (Å²) < 4.78 is 4.90. The lowest BCUT2D eigenvalue weighted by Crippen LogP contribution is -2.19. The Morgan fingerprint density at radius 3 is 1.49 bits per heavy atom. The maximum atomic E-state index is 11.6. The Balaban J connectivity index is 3.37. The SMILES string of the molecule is C=CCOC(=O)CC(CCCCCCC/C=C/CCCCCCCCCCCCCCCCC)C(=O)O. The van der Waals surface area contributed by atoms with Gasteiger partial charge in [0.15, 0.2) is 0 Å². The number of esters is 1. The van der Waals surface area contributed by atoms with E-state index in [4.69, 9.17) is 4.74 Å². The summed E-state index contributed by atoms with van der Waals surface area (Å²) in [4.78, 5) is 22.9. The summed E-state index contributed by atoms with van der Waals surface area (Å²) in [6, 6.07) is 0. The monoisotopic (exact) mass is 520 g/mol. The van der Waals surface area contributed by atoms with Gasteiger partial charge in [-0.1, -0.05) is 147 Å². The van der Waals surface area contributed by atoms with E-state index in [9.17, 15) is 14.7 Å². The summed E-state index contributed by atoms with van der Waals surface area (Å²) in [6.45, 7) is 5.91. The van der Waals surface area contributed by atoms with E-state index in [-0.39, 0.29) is 13.0 Å². The van der Waals surface area contributed by atoms with Crippen molar-refractivity contribution in [1.82, 2.24) is 0 Å². The van der Waals surface area contributed by atoms with Crippen LogP contribution in [0.2, 0.25) is 0 Å². The molecule has 0 radical (unpaired) electrons. The smallest absolute Gasteiger partial charge is 0.307 e. The van der Waals surface area contributed by atoms with Gasteiger partial charge in [0.05, 0.1) is 12.3 Å². The summed E-state index contributed by atoms with van der Waals surface area (Å²) >= 11 is 0. The molecule has 216 valence electrons. The van der Waals surface area contributed by atoms with Gasteiger partial charge >= 0.3 is 11.9 Å². The highest BCUT2D eigenvalue weighted by Gasteiger charge is 2.21. The number of ether oxygens (including phenoxy) is 1. The minimum atomic E-state index is -0.908. The number of hydrogen-bond acceptors (Lipinski definition) is 3. The predicted molar refractivity (Wildman–Crippen MR) is 158 cm³/mol. The molecule has 1 atom stereocenters. The van der Waals surface area contributed by atoms with Gasteiger partial charge in [0, 0.05) is 0 Å². The zero-order valence-electron chi connectivity index (χ0n) is 24.4. The number of rotatable bonds is 29. The Hall–Kier alpha value is -1.58. The Morgan fingerprint density at radius 1 is 0.676 bits per heavy atom. The first-order chi connectivity index (χ1) is 18.1. The van der Waals surface area contributed by atoms with Gasteiger partial charge in [-0.2, -0.15) is 0 Å². The number of carboxylic acids is 1. The quantitative estimate of drug-likeness (QED) is 0.0605. The maximum absolute atomic E-state index is 11.6. The molecule has 4 heteroatoms. The van der Waals surface area contributed by atoms with E-state index in [2.05, 4.69) is 25.7 Å². The zero-order valence-corrected chi connectivity index (χ0v) is 24.4. The predicted octanol–water partition coefficient (Wildman–Crippen LogP) is 10.4. The number of allylic oxidation sites excluding steroid dienone is 2. The minimum absolute atomic E-state index is 0.0483. The molecule has 0 aromatic rings. The number of unbranched alkanes of at least 4 members (excludes halogenated alkanes) is 20. The lowest BCUT2D eigenvalue weighted by atomic mass is 9.97. The average molecular weight is 521 g/mol. The molecule has 0 aliphatic rings. The second-order valence-electron chi connectivity index (χ2n) is 10.8. The molecule has 0 aromatic heterocycles. The van der Waals surface area contributed by atoms with Crippen molar-refractivity contribution < 1.29 is 19.4 Å². The first-order valence-electron chi connectivity index (χ1n) is 15.8. The van der Waals surface area contributed by atoms with Crippen molar-refractivity contribution in [3.63, 3.8) is 0 Å². The molecule has 0 rings (SSSR count). The summed E-state index contributed by atoms with van der Waals surface area (Å²) in [5.41, 5.74) is 0. The van der Waals surface area contributed by atoms with Crippen molar-refractivity contribution in [2.24, 2.45) is 5.92 Å². The van der Waals surface area contributed by atoms with Gasteiger partial charge in [0.25, 0.3) is 0 Å². The fourth-order valence-corrected chi connectivity index (χ4v) is 4.78. The fourth-order valence-electron chi connectivity index (χ4n) is 4.78. The molecule has 0 saturated heterocycles. The van der Waals surface area contributed by atoms with Crippen LogP contribution in [-0.2, 0) is 14.3 Å².